The van der Waals surface area contributed by atoms with E-state index in [9.17, 15) is 19.5 Å². The van der Waals surface area contributed by atoms with Crippen molar-refractivity contribution in [3.05, 3.63) is 29.8 Å². The standard InChI is InChI=1S/C19H26N2O4/c1-3-13(4-2)17(22)20-15-9-7-8-14(12-15)18(23)21-11-6-5-10-16(21)19(24)25/h7-9,12-13,16H,3-6,10-11H2,1-2H3,(H,20,22)(H,24,25). The summed E-state index contributed by atoms with van der Waals surface area (Å²) >= 11 is 0. The van der Waals surface area contributed by atoms with Crippen LogP contribution in [-0.2, 0) is 9.59 Å². The maximum Gasteiger partial charge on any atom is 0.326 e. The Morgan fingerprint density at radius 3 is 2.60 bits per heavy atom. The molecule has 25 heavy (non-hydrogen) atoms. The number of carbonyl (C=O) groups is 3. The molecule has 2 N–H and O–H groups in total. The van der Waals surface area contributed by atoms with E-state index in [4.69, 9.17) is 0 Å². The van der Waals surface area contributed by atoms with Crippen LogP contribution in [0.25, 0.3) is 0 Å². The van der Waals surface area contributed by atoms with Crippen molar-refractivity contribution >= 4 is 23.5 Å². The first-order valence-corrected chi connectivity index (χ1v) is 8.92. The first-order valence-electron chi connectivity index (χ1n) is 8.92. The zero-order valence-corrected chi connectivity index (χ0v) is 14.8. The molecule has 1 aliphatic rings. The molecule has 6 nitrogen and oxygen atoms in total. The van der Waals surface area contributed by atoms with Gasteiger partial charge in [-0.3, -0.25) is 9.59 Å². The van der Waals surface area contributed by atoms with Crippen LogP contribution in [-0.4, -0.2) is 40.4 Å². The lowest BCUT2D eigenvalue weighted by molar-refractivity contribution is -0.143. The van der Waals surface area contributed by atoms with Crippen molar-refractivity contribution in [1.29, 1.82) is 0 Å². The molecule has 1 atom stereocenters. The summed E-state index contributed by atoms with van der Waals surface area (Å²) in [6.45, 7) is 4.38. The van der Waals surface area contributed by atoms with E-state index in [0.29, 0.717) is 24.2 Å². The fraction of sp³-hybridized carbons (Fsp3) is 0.526. The summed E-state index contributed by atoms with van der Waals surface area (Å²) in [6.07, 6.45) is 3.61. The number of nitrogens with one attached hydrogen (secondary N) is 1. The molecular formula is C19H26N2O4. The van der Waals surface area contributed by atoms with Crippen molar-refractivity contribution in [2.45, 2.75) is 52.0 Å². The molecule has 0 aliphatic carbocycles. The zero-order chi connectivity index (χ0) is 18.4. The van der Waals surface area contributed by atoms with E-state index >= 15 is 0 Å². The van der Waals surface area contributed by atoms with E-state index in [1.807, 2.05) is 13.8 Å². The lowest BCUT2D eigenvalue weighted by atomic mass is 10.0. The van der Waals surface area contributed by atoms with Crippen LogP contribution < -0.4 is 5.32 Å². The van der Waals surface area contributed by atoms with Gasteiger partial charge in [0.2, 0.25) is 5.91 Å². The summed E-state index contributed by atoms with van der Waals surface area (Å²) < 4.78 is 0. The van der Waals surface area contributed by atoms with Crippen LogP contribution in [0.1, 0.15) is 56.3 Å². The molecule has 1 saturated heterocycles. The van der Waals surface area contributed by atoms with Gasteiger partial charge in [0.15, 0.2) is 0 Å². The van der Waals surface area contributed by atoms with Crippen LogP contribution in [0.5, 0.6) is 0 Å². The highest BCUT2D eigenvalue weighted by molar-refractivity contribution is 5.99. The number of rotatable bonds is 6. The van der Waals surface area contributed by atoms with Gasteiger partial charge in [0.25, 0.3) is 5.91 Å². The molecule has 1 unspecified atom stereocenters. The maximum absolute atomic E-state index is 12.7. The molecule has 0 aromatic heterocycles. The summed E-state index contributed by atoms with van der Waals surface area (Å²) in [5.41, 5.74) is 0.960. The first kappa shape index (κ1) is 19.0. The lowest BCUT2D eigenvalue weighted by Gasteiger charge is -2.33. The van der Waals surface area contributed by atoms with E-state index in [-0.39, 0.29) is 17.7 Å². The van der Waals surface area contributed by atoms with Gasteiger partial charge in [-0.1, -0.05) is 19.9 Å². The second kappa shape index (κ2) is 8.65. The van der Waals surface area contributed by atoms with Gasteiger partial charge >= 0.3 is 5.97 Å². The molecule has 2 rings (SSSR count). The smallest absolute Gasteiger partial charge is 0.326 e. The Labute approximate surface area is 148 Å². The average Bonchev–Trinajstić information content (AvgIpc) is 2.62. The summed E-state index contributed by atoms with van der Waals surface area (Å²) in [5, 5.41) is 12.2. The number of carbonyl (C=O) groups excluding carboxylic acids is 2. The molecule has 1 heterocycles. The minimum atomic E-state index is -0.966. The van der Waals surface area contributed by atoms with Crippen molar-refractivity contribution in [3.63, 3.8) is 0 Å². The number of aliphatic carboxylic acids is 1. The molecular weight excluding hydrogens is 320 g/mol. The third-order valence-corrected chi connectivity index (χ3v) is 4.78. The average molecular weight is 346 g/mol. The van der Waals surface area contributed by atoms with E-state index in [1.165, 1.54) is 4.90 Å². The number of carboxylic acid groups (broad SMARTS) is 1. The van der Waals surface area contributed by atoms with Crippen LogP contribution in [0.2, 0.25) is 0 Å². The van der Waals surface area contributed by atoms with Crippen molar-refractivity contribution in [2.24, 2.45) is 5.92 Å². The second-order valence-corrected chi connectivity index (χ2v) is 6.43. The summed E-state index contributed by atoms with van der Waals surface area (Å²) in [5.74, 6) is -1.38. The highest BCUT2D eigenvalue weighted by Crippen LogP contribution is 2.22. The Hall–Kier alpha value is -2.37. The summed E-state index contributed by atoms with van der Waals surface area (Å²) in [7, 11) is 0. The van der Waals surface area contributed by atoms with Crippen LogP contribution >= 0.6 is 0 Å². The minimum Gasteiger partial charge on any atom is -0.480 e. The van der Waals surface area contributed by atoms with Gasteiger partial charge in [-0.05, 0) is 50.3 Å². The predicted octanol–water partition coefficient (Wildman–Crippen LogP) is 3.14. The maximum atomic E-state index is 12.7. The van der Waals surface area contributed by atoms with Gasteiger partial charge in [-0.2, -0.15) is 0 Å². The Balaban J connectivity index is 2.15. The van der Waals surface area contributed by atoms with Gasteiger partial charge in [0.05, 0.1) is 0 Å². The quantitative estimate of drug-likeness (QED) is 0.828. The number of piperidine rings is 1. The minimum absolute atomic E-state index is 0.0576. The number of amides is 2. The van der Waals surface area contributed by atoms with Crippen molar-refractivity contribution in [3.8, 4) is 0 Å². The van der Waals surface area contributed by atoms with Gasteiger partial charge in [-0.15, -0.1) is 0 Å². The van der Waals surface area contributed by atoms with Crippen molar-refractivity contribution in [1.82, 2.24) is 4.90 Å². The van der Waals surface area contributed by atoms with Crippen LogP contribution in [0.3, 0.4) is 0 Å². The normalized spacial score (nSPS) is 17.4. The second-order valence-electron chi connectivity index (χ2n) is 6.43. The predicted molar refractivity (Wildman–Crippen MR) is 95.5 cm³/mol. The summed E-state index contributed by atoms with van der Waals surface area (Å²) in [4.78, 5) is 37.8. The highest BCUT2D eigenvalue weighted by atomic mass is 16.4. The van der Waals surface area contributed by atoms with Gasteiger partial charge in [0.1, 0.15) is 6.04 Å². The number of carboxylic acids is 1. The summed E-state index contributed by atoms with van der Waals surface area (Å²) in [6, 6.07) is 5.94. The van der Waals surface area contributed by atoms with Gasteiger partial charge in [-0.25, -0.2) is 4.79 Å². The van der Waals surface area contributed by atoms with E-state index < -0.39 is 12.0 Å². The third kappa shape index (κ3) is 4.59. The lowest BCUT2D eigenvalue weighted by Crippen LogP contribution is -2.48. The number of benzene rings is 1. The molecule has 6 heteroatoms. The molecule has 0 bridgehead atoms. The van der Waals surface area contributed by atoms with Gasteiger partial charge < -0.3 is 15.3 Å². The molecule has 136 valence electrons. The van der Waals surface area contributed by atoms with E-state index in [0.717, 1.165) is 25.7 Å². The third-order valence-electron chi connectivity index (χ3n) is 4.78. The first-order chi connectivity index (χ1) is 12.0. The van der Waals surface area contributed by atoms with Crippen molar-refractivity contribution < 1.29 is 19.5 Å². The van der Waals surface area contributed by atoms with Crippen LogP contribution in [0.4, 0.5) is 5.69 Å². The van der Waals surface area contributed by atoms with E-state index in [1.54, 1.807) is 24.3 Å². The van der Waals surface area contributed by atoms with Crippen LogP contribution in [0.15, 0.2) is 24.3 Å². The number of hydrogen-bond donors (Lipinski definition) is 2. The Morgan fingerprint density at radius 2 is 1.96 bits per heavy atom. The number of nitrogens with zero attached hydrogens (tertiary/aromatic N) is 1. The number of likely N-dealkylation sites (tertiary alicyclic amines) is 1. The Kier molecular flexibility index (Phi) is 6.56. The molecule has 1 aliphatic heterocycles. The molecule has 0 spiro atoms. The highest BCUT2D eigenvalue weighted by Gasteiger charge is 2.32. The van der Waals surface area contributed by atoms with Gasteiger partial charge in [0, 0.05) is 23.7 Å². The van der Waals surface area contributed by atoms with E-state index in [2.05, 4.69) is 5.32 Å². The molecule has 0 saturated carbocycles. The largest absolute Gasteiger partial charge is 0.480 e. The molecule has 1 fully saturated rings. The topological polar surface area (TPSA) is 86.7 Å². The Bertz CT molecular complexity index is 640. The zero-order valence-electron chi connectivity index (χ0n) is 14.8. The SMILES string of the molecule is CCC(CC)C(=O)Nc1cccc(C(=O)N2CCCCC2C(=O)O)c1. The van der Waals surface area contributed by atoms with Crippen molar-refractivity contribution in [2.75, 3.05) is 11.9 Å². The fourth-order valence-corrected chi connectivity index (χ4v) is 3.23. The number of anilines is 1. The molecule has 1 aromatic carbocycles. The van der Waals surface area contributed by atoms with Crippen LogP contribution in [0, 0.1) is 5.92 Å². The molecule has 0 radical (unpaired) electrons. The monoisotopic (exact) mass is 346 g/mol. The molecule has 2 amide bonds. The Morgan fingerprint density at radius 1 is 1.24 bits per heavy atom. The number of hydrogen-bond acceptors (Lipinski definition) is 3. The fourth-order valence-electron chi connectivity index (χ4n) is 3.23. The molecule has 1 aromatic rings.